The van der Waals surface area contributed by atoms with E-state index < -0.39 is 0 Å². The molecule has 1 fully saturated rings. The molecule has 21 heavy (non-hydrogen) atoms. The van der Waals surface area contributed by atoms with Gasteiger partial charge in [0.05, 0.1) is 0 Å². The molecule has 3 unspecified atom stereocenters. The summed E-state index contributed by atoms with van der Waals surface area (Å²) in [5.74, 6) is 1.16. The SMILES string of the molecule is CC1Cc2ccccc2N(C(=O)CC2CCCCC2N)C1. The Morgan fingerprint density at radius 1 is 1.29 bits per heavy atom. The van der Waals surface area contributed by atoms with Crippen molar-refractivity contribution >= 4 is 11.6 Å². The fraction of sp³-hybridized carbons (Fsp3) is 0.611. The summed E-state index contributed by atoms with van der Waals surface area (Å²) < 4.78 is 0. The number of nitrogens with zero attached hydrogens (tertiary/aromatic N) is 1. The quantitative estimate of drug-likeness (QED) is 0.908. The van der Waals surface area contributed by atoms with E-state index in [2.05, 4.69) is 25.1 Å². The molecule has 1 aliphatic carbocycles. The van der Waals surface area contributed by atoms with Crippen molar-refractivity contribution in [2.45, 2.75) is 51.5 Å². The van der Waals surface area contributed by atoms with E-state index in [1.54, 1.807) is 0 Å². The summed E-state index contributed by atoms with van der Waals surface area (Å²) in [5, 5.41) is 0. The van der Waals surface area contributed by atoms with Crippen molar-refractivity contribution in [3.05, 3.63) is 29.8 Å². The number of fused-ring (bicyclic) bond motifs is 1. The molecule has 1 aliphatic heterocycles. The number of carbonyl (C=O) groups excluding carboxylic acids is 1. The predicted octanol–water partition coefficient (Wildman–Crippen LogP) is 3.12. The summed E-state index contributed by atoms with van der Waals surface area (Å²) in [6.07, 6.45) is 6.31. The third kappa shape index (κ3) is 3.13. The van der Waals surface area contributed by atoms with E-state index in [1.807, 2.05) is 11.0 Å². The maximum atomic E-state index is 12.8. The highest BCUT2D eigenvalue weighted by molar-refractivity contribution is 5.94. The van der Waals surface area contributed by atoms with Crippen LogP contribution in [0.5, 0.6) is 0 Å². The standard InChI is InChI=1S/C18H26N2O/c1-13-10-15-7-3-5-9-17(15)20(12-13)18(21)11-14-6-2-4-8-16(14)19/h3,5,7,9,13-14,16H,2,4,6,8,10-12,19H2,1H3. The van der Waals surface area contributed by atoms with Crippen LogP contribution in [0.2, 0.25) is 0 Å². The van der Waals surface area contributed by atoms with Gasteiger partial charge in [-0.05, 0) is 42.7 Å². The Balaban J connectivity index is 1.75. The summed E-state index contributed by atoms with van der Waals surface area (Å²) >= 11 is 0. The zero-order valence-electron chi connectivity index (χ0n) is 12.9. The lowest BCUT2D eigenvalue weighted by atomic mass is 9.82. The van der Waals surface area contributed by atoms with Crippen LogP contribution in [0.4, 0.5) is 5.69 Å². The molecule has 2 aliphatic rings. The zero-order chi connectivity index (χ0) is 14.8. The Hall–Kier alpha value is -1.35. The monoisotopic (exact) mass is 286 g/mol. The van der Waals surface area contributed by atoms with Crippen LogP contribution < -0.4 is 10.6 Å². The number of rotatable bonds is 2. The lowest BCUT2D eigenvalue weighted by Crippen LogP contribution is -2.42. The molecular weight excluding hydrogens is 260 g/mol. The Morgan fingerprint density at radius 3 is 2.86 bits per heavy atom. The molecule has 1 heterocycles. The van der Waals surface area contributed by atoms with Gasteiger partial charge < -0.3 is 10.6 Å². The van der Waals surface area contributed by atoms with E-state index in [0.29, 0.717) is 18.3 Å². The average Bonchev–Trinajstić information content (AvgIpc) is 2.48. The molecule has 1 saturated carbocycles. The first-order valence-electron chi connectivity index (χ1n) is 8.29. The van der Waals surface area contributed by atoms with Gasteiger partial charge in [-0.1, -0.05) is 38.0 Å². The zero-order valence-corrected chi connectivity index (χ0v) is 12.9. The Kier molecular flexibility index (Phi) is 4.29. The average molecular weight is 286 g/mol. The van der Waals surface area contributed by atoms with Gasteiger partial charge in [0.25, 0.3) is 0 Å². The van der Waals surface area contributed by atoms with Gasteiger partial charge in [0.1, 0.15) is 0 Å². The molecule has 0 radical (unpaired) electrons. The maximum absolute atomic E-state index is 12.8. The topological polar surface area (TPSA) is 46.3 Å². The first-order chi connectivity index (χ1) is 10.1. The van der Waals surface area contributed by atoms with Crippen molar-refractivity contribution in [3.63, 3.8) is 0 Å². The minimum atomic E-state index is 0.208. The largest absolute Gasteiger partial charge is 0.327 e. The molecule has 0 aromatic heterocycles. The molecule has 0 bridgehead atoms. The van der Waals surface area contributed by atoms with Gasteiger partial charge in [0, 0.05) is 24.7 Å². The van der Waals surface area contributed by atoms with Gasteiger partial charge in [-0.3, -0.25) is 4.79 Å². The molecule has 0 spiro atoms. The second kappa shape index (κ2) is 6.18. The number of benzene rings is 1. The van der Waals surface area contributed by atoms with Crippen molar-refractivity contribution in [2.75, 3.05) is 11.4 Å². The maximum Gasteiger partial charge on any atom is 0.227 e. The van der Waals surface area contributed by atoms with Crippen LogP contribution in [0.3, 0.4) is 0 Å². The highest BCUT2D eigenvalue weighted by atomic mass is 16.2. The van der Waals surface area contributed by atoms with E-state index in [4.69, 9.17) is 5.73 Å². The molecule has 0 saturated heterocycles. The van der Waals surface area contributed by atoms with Crippen LogP contribution in [0.25, 0.3) is 0 Å². The number of para-hydroxylation sites is 1. The first-order valence-corrected chi connectivity index (χ1v) is 8.29. The molecular formula is C18H26N2O. The van der Waals surface area contributed by atoms with Crippen molar-refractivity contribution in [1.82, 2.24) is 0 Å². The van der Waals surface area contributed by atoms with Gasteiger partial charge in [0.2, 0.25) is 5.91 Å². The van der Waals surface area contributed by atoms with E-state index in [-0.39, 0.29) is 11.9 Å². The molecule has 3 rings (SSSR count). The van der Waals surface area contributed by atoms with Gasteiger partial charge in [0.15, 0.2) is 0 Å². The summed E-state index contributed by atoms with van der Waals surface area (Å²) in [5.41, 5.74) is 8.63. The molecule has 2 N–H and O–H groups in total. The third-order valence-electron chi connectivity index (χ3n) is 5.05. The van der Waals surface area contributed by atoms with Crippen LogP contribution in [-0.4, -0.2) is 18.5 Å². The molecule has 1 aromatic rings. The minimum Gasteiger partial charge on any atom is -0.327 e. The van der Waals surface area contributed by atoms with Crippen LogP contribution in [0.15, 0.2) is 24.3 Å². The van der Waals surface area contributed by atoms with Crippen molar-refractivity contribution in [3.8, 4) is 0 Å². The Bertz CT molecular complexity index is 514. The highest BCUT2D eigenvalue weighted by Crippen LogP contribution is 2.32. The van der Waals surface area contributed by atoms with Crippen LogP contribution in [0, 0.1) is 11.8 Å². The summed E-state index contributed by atoms with van der Waals surface area (Å²) in [7, 11) is 0. The lowest BCUT2D eigenvalue weighted by molar-refractivity contribution is -0.120. The summed E-state index contributed by atoms with van der Waals surface area (Å²) in [6.45, 7) is 3.07. The van der Waals surface area contributed by atoms with Gasteiger partial charge in [-0.25, -0.2) is 0 Å². The van der Waals surface area contributed by atoms with E-state index >= 15 is 0 Å². The second-order valence-corrected chi connectivity index (χ2v) is 6.85. The molecule has 1 aromatic carbocycles. The molecule has 3 heteroatoms. The van der Waals surface area contributed by atoms with Gasteiger partial charge >= 0.3 is 0 Å². The molecule has 114 valence electrons. The van der Waals surface area contributed by atoms with Crippen molar-refractivity contribution in [2.24, 2.45) is 17.6 Å². The molecule has 3 atom stereocenters. The van der Waals surface area contributed by atoms with E-state index in [1.165, 1.54) is 18.4 Å². The van der Waals surface area contributed by atoms with E-state index in [9.17, 15) is 4.79 Å². The second-order valence-electron chi connectivity index (χ2n) is 6.85. The van der Waals surface area contributed by atoms with Crippen molar-refractivity contribution < 1.29 is 4.79 Å². The number of anilines is 1. The third-order valence-corrected chi connectivity index (χ3v) is 5.05. The molecule has 1 amide bonds. The Morgan fingerprint density at radius 2 is 2.05 bits per heavy atom. The first kappa shape index (κ1) is 14.6. The fourth-order valence-electron chi connectivity index (χ4n) is 3.86. The fourth-order valence-corrected chi connectivity index (χ4v) is 3.86. The molecule has 3 nitrogen and oxygen atoms in total. The van der Waals surface area contributed by atoms with Gasteiger partial charge in [-0.15, -0.1) is 0 Å². The van der Waals surface area contributed by atoms with Crippen LogP contribution >= 0.6 is 0 Å². The minimum absolute atomic E-state index is 0.208. The Labute approximate surface area is 127 Å². The predicted molar refractivity (Wildman–Crippen MR) is 86.2 cm³/mol. The highest BCUT2D eigenvalue weighted by Gasteiger charge is 2.30. The number of nitrogens with two attached hydrogens (primary N) is 1. The van der Waals surface area contributed by atoms with Crippen LogP contribution in [0.1, 0.15) is 44.6 Å². The van der Waals surface area contributed by atoms with Crippen LogP contribution in [-0.2, 0) is 11.2 Å². The lowest BCUT2D eigenvalue weighted by Gasteiger charge is -2.35. The summed E-state index contributed by atoms with van der Waals surface area (Å²) in [6, 6.07) is 8.54. The summed E-state index contributed by atoms with van der Waals surface area (Å²) in [4.78, 5) is 14.8. The number of hydrogen-bond donors (Lipinski definition) is 1. The number of hydrogen-bond acceptors (Lipinski definition) is 2. The van der Waals surface area contributed by atoms with E-state index in [0.717, 1.165) is 31.5 Å². The normalized spacial score (nSPS) is 29.0. The van der Waals surface area contributed by atoms with Crippen molar-refractivity contribution in [1.29, 1.82) is 0 Å². The number of carbonyl (C=O) groups is 1. The smallest absolute Gasteiger partial charge is 0.227 e. The number of amides is 1. The van der Waals surface area contributed by atoms with Gasteiger partial charge in [-0.2, -0.15) is 0 Å².